The fourth-order valence-electron chi connectivity index (χ4n) is 2.31. The summed E-state index contributed by atoms with van der Waals surface area (Å²) in [6, 6.07) is 0.702. The SMILES string of the molecule is c1cn(C2CC2)c(NCCC2CCCO2)n1. The third kappa shape index (κ3) is 2.21. The maximum Gasteiger partial charge on any atom is 0.203 e. The van der Waals surface area contributed by atoms with Gasteiger partial charge in [-0.05, 0) is 32.1 Å². The minimum atomic E-state index is 0.469. The highest BCUT2D eigenvalue weighted by Gasteiger charge is 2.25. The zero-order valence-corrected chi connectivity index (χ0v) is 9.56. The number of rotatable bonds is 5. The van der Waals surface area contributed by atoms with Crippen LogP contribution in [0.2, 0.25) is 0 Å². The van der Waals surface area contributed by atoms with Crippen molar-refractivity contribution in [3.8, 4) is 0 Å². The summed E-state index contributed by atoms with van der Waals surface area (Å²) in [7, 11) is 0. The topological polar surface area (TPSA) is 39.1 Å². The molecule has 1 aromatic heterocycles. The van der Waals surface area contributed by atoms with Crippen molar-refractivity contribution in [3.05, 3.63) is 12.4 Å². The van der Waals surface area contributed by atoms with Gasteiger partial charge in [-0.15, -0.1) is 0 Å². The molecule has 4 nitrogen and oxygen atoms in total. The van der Waals surface area contributed by atoms with Gasteiger partial charge in [0, 0.05) is 31.6 Å². The molecule has 1 unspecified atom stereocenters. The molecule has 88 valence electrons. The summed E-state index contributed by atoms with van der Waals surface area (Å²) < 4.78 is 7.85. The highest BCUT2D eigenvalue weighted by atomic mass is 16.5. The predicted molar refractivity (Wildman–Crippen MR) is 62.6 cm³/mol. The molecule has 1 aromatic rings. The number of imidazole rings is 1. The van der Waals surface area contributed by atoms with Crippen molar-refractivity contribution in [2.24, 2.45) is 0 Å². The van der Waals surface area contributed by atoms with E-state index in [0.717, 1.165) is 25.5 Å². The Morgan fingerprint density at radius 2 is 2.38 bits per heavy atom. The number of ether oxygens (including phenoxy) is 1. The Balaban J connectivity index is 1.48. The maximum atomic E-state index is 5.60. The summed E-state index contributed by atoms with van der Waals surface area (Å²) in [5.41, 5.74) is 0. The van der Waals surface area contributed by atoms with Crippen LogP contribution in [-0.4, -0.2) is 28.8 Å². The molecule has 16 heavy (non-hydrogen) atoms. The number of hydrogen-bond acceptors (Lipinski definition) is 3. The molecule has 1 saturated carbocycles. The van der Waals surface area contributed by atoms with Crippen LogP contribution in [0.1, 0.15) is 38.1 Å². The zero-order valence-electron chi connectivity index (χ0n) is 9.56. The lowest BCUT2D eigenvalue weighted by atomic mass is 10.2. The molecule has 0 amide bonds. The molecule has 3 rings (SSSR count). The van der Waals surface area contributed by atoms with Crippen LogP contribution in [-0.2, 0) is 4.74 Å². The first kappa shape index (κ1) is 10.1. The predicted octanol–water partition coefficient (Wildman–Crippen LogP) is 2.20. The lowest BCUT2D eigenvalue weighted by Gasteiger charge is -2.11. The van der Waals surface area contributed by atoms with Crippen LogP contribution in [0.4, 0.5) is 5.95 Å². The van der Waals surface area contributed by atoms with E-state index in [9.17, 15) is 0 Å². The van der Waals surface area contributed by atoms with Gasteiger partial charge in [0.15, 0.2) is 0 Å². The minimum Gasteiger partial charge on any atom is -0.378 e. The van der Waals surface area contributed by atoms with Crippen molar-refractivity contribution in [1.29, 1.82) is 0 Å². The van der Waals surface area contributed by atoms with Crippen LogP contribution in [0.25, 0.3) is 0 Å². The van der Waals surface area contributed by atoms with Crippen molar-refractivity contribution >= 4 is 5.95 Å². The molecule has 1 saturated heterocycles. The number of anilines is 1. The molecule has 0 radical (unpaired) electrons. The van der Waals surface area contributed by atoms with Crippen molar-refractivity contribution in [2.45, 2.75) is 44.2 Å². The molecule has 0 aromatic carbocycles. The van der Waals surface area contributed by atoms with Gasteiger partial charge >= 0.3 is 0 Å². The fourth-order valence-corrected chi connectivity index (χ4v) is 2.31. The smallest absolute Gasteiger partial charge is 0.203 e. The molecule has 1 aliphatic heterocycles. The summed E-state index contributed by atoms with van der Waals surface area (Å²) in [6.45, 7) is 1.91. The monoisotopic (exact) mass is 221 g/mol. The van der Waals surface area contributed by atoms with Gasteiger partial charge in [-0.1, -0.05) is 0 Å². The molecular weight excluding hydrogens is 202 g/mol. The van der Waals surface area contributed by atoms with Crippen molar-refractivity contribution in [3.63, 3.8) is 0 Å². The van der Waals surface area contributed by atoms with Gasteiger partial charge in [-0.3, -0.25) is 0 Å². The summed E-state index contributed by atoms with van der Waals surface area (Å²) in [5, 5.41) is 3.41. The Morgan fingerprint density at radius 1 is 1.44 bits per heavy atom. The lowest BCUT2D eigenvalue weighted by molar-refractivity contribution is 0.107. The van der Waals surface area contributed by atoms with E-state index in [4.69, 9.17) is 4.74 Å². The molecule has 1 N–H and O–H groups in total. The first-order valence-electron chi connectivity index (χ1n) is 6.32. The molecule has 0 spiro atoms. The quantitative estimate of drug-likeness (QED) is 0.828. The Bertz CT molecular complexity index is 340. The Hall–Kier alpha value is -1.03. The van der Waals surface area contributed by atoms with Gasteiger partial charge in [0.25, 0.3) is 0 Å². The third-order valence-corrected chi connectivity index (χ3v) is 3.38. The van der Waals surface area contributed by atoms with E-state index in [2.05, 4.69) is 21.1 Å². The van der Waals surface area contributed by atoms with Gasteiger partial charge in [-0.2, -0.15) is 0 Å². The first-order valence-corrected chi connectivity index (χ1v) is 6.32. The van der Waals surface area contributed by atoms with Crippen molar-refractivity contribution in [2.75, 3.05) is 18.5 Å². The summed E-state index contributed by atoms with van der Waals surface area (Å²) in [4.78, 5) is 4.35. The molecule has 2 fully saturated rings. The number of aromatic nitrogens is 2. The zero-order chi connectivity index (χ0) is 10.8. The second-order valence-corrected chi connectivity index (χ2v) is 4.74. The summed E-state index contributed by atoms with van der Waals surface area (Å²) >= 11 is 0. The average molecular weight is 221 g/mol. The third-order valence-electron chi connectivity index (χ3n) is 3.38. The van der Waals surface area contributed by atoms with Gasteiger partial charge < -0.3 is 14.6 Å². The maximum absolute atomic E-state index is 5.60. The summed E-state index contributed by atoms with van der Waals surface area (Å²) in [5.74, 6) is 1.03. The normalized spacial score (nSPS) is 24.9. The number of hydrogen-bond donors (Lipinski definition) is 1. The van der Waals surface area contributed by atoms with Gasteiger partial charge in [0.1, 0.15) is 0 Å². The Kier molecular flexibility index (Phi) is 2.82. The molecule has 0 bridgehead atoms. The van der Waals surface area contributed by atoms with Crippen LogP contribution in [0, 0.1) is 0 Å². The molecule has 4 heteroatoms. The van der Waals surface area contributed by atoms with Crippen molar-refractivity contribution < 1.29 is 4.74 Å². The number of nitrogens with zero attached hydrogens (tertiary/aromatic N) is 2. The van der Waals surface area contributed by atoms with E-state index in [1.807, 2.05) is 6.20 Å². The molecule has 2 heterocycles. The van der Waals surface area contributed by atoms with Crippen LogP contribution >= 0.6 is 0 Å². The first-order chi connectivity index (χ1) is 7.93. The Morgan fingerprint density at radius 3 is 3.12 bits per heavy atom. The second kappa shape index (κ2) is 4.45. The van der Waals surface area contributed by atoms with E-state index >= 15 is 0 Å². The Labute approximate surface area is 96.0 Å². The standard InChI is InChI=1S/C12H19N3O/c1-2-11(16-9-1)5-6-13-12-14-7-8-15(12)10-3-4-10/h7-8,10-11H,1-6,9H2,(H,13,14). The van der Waals surface area contributed by atoms with Crippen LogP contribution in [0.15, 0.2) is 12.4 Å². The fraction of sp³-hybridized carbons (Fsp3) is 0.750. The average Bonchev–Trinajstić information content (AvgIpc) is 2.82. The van der Waals surface area contributed by atoms with Crippen LogP contribution < -0.4 is 5.32 Å². The highest BCUT2D eigenvalue weighted by Crippen LogP contribution is 2.36. The second-order valence-electron chi connectivity index (χ2n) is 4.74. The van der Waals surface area contributed by atoms with Gasteiger partial charge in [0.05, 0.1) is 6.10 Å². The van der Waals surface area contributed by atoms with Crippen LogP contribution in [0.5, 0.6) is 0 Å². The van der Waals surface area contributed by atoms with Crippen molar-refractivity contribution in [1.82, 2.24) is 9.55 Å². The van der Waals surface area contributed by atoms with E-state index in [-0.39, 0.29) is 0 Å². The van der Waals surface area contributed by atoms with Gasteiger partial charge in [0.2, 0.25) is 5.95 Å². The number of nitrogens with one attached hydrogen (secondary N) is 1. The molecule has 1 aliphatic carbocycles. The van der Waals surface area contributed by atoms with E-state index in [0.29, 0.717) is 12.1 Å². The molecular formula is C12H19N3O. The highest BCUT2D eigenvalue weighted by molar-refractivity contribution is 5.27. The van der Waals surface area contributed by atoms with E-state index in [1.54, 1.807) is 0 Å². The van der Waals surface area contributed by atoms with E-state index in [1.165, 1.54) is 25.7 Å². The molecule has 2 aliphatic rings. The minimum absolute atomic E-state index is 0.469. The van der Waals surface area contributed by atoms with E-state index < -0.39 is 0 Å². The largest absolute Gasteiger partial charge is 0.378 e. The molecule has 1 atom stereocenters. The van der Waals surface area contributed by atoms with Crippen LogP contribution in [0.3, 0.4) is 0 Å². The van der Waals surface area contributed by atoms with Gasteiger partial charge in [-0.25, -0.2) is 4.98 Å². The summed E-state index contributed by atoms with van der Waals surface area (Å²) in [6.07, 6.45) is 10.6. The lowest BCUT2D eigenvalue weighted by Crippen LogP contribution is -2.14.